The number of piperidine rings is 1. The third-order valence-electron chi connectivity index (χ3n) is 5.46. The third-order valence-corrected chi connectivity index (χ3v) is 5.46. The van der Waals surface area contributed by atoms with Crippen molar-refractivity contribution < 1.29 is 4.79 Å². The van der Waals surface area contributed by atoms with E-state index in [2.05, 4.69) is 50.4 Å². The number of nitrogens with one attached hydrogen (secondary N) is 3. The monoisotopic (exact) mass is 378 g/mol. The second kappa shape index (κ2) is 7.88. The number of fused-ring (bicyclic) bond motifs is 1. The van der Waals surface area contributed by atoms with Gasteiger partial charge in [0.25, 0.3) is 0 Å². The average molecular weight is 378 g/mol. The van der Waals surface area contributed by atoms with Crippen LogP contribution in [0.3, 0.4) is 0 Å². The molecule has 146 valence electrons. The topological polar surface area (TPSA) is 85.9 Å². The highest BCUT2D eigenvalue weighted by Crippen LogP contribution is 2.25. The first-order valence-corrected chi connectivity index (χ1v) is 9.74. The SMILES string of the molecule is Cc1cccc(NCC(=O)N[C@H]2CCCN(c3ncnc4[nH]ccc34)C2)c1C. The molecule has 0 bridgehead atoms. The number of aromatic amines is 1. The Morgan fingerprint density at radius 3 is 3.07 bits per heavy atom. The van der Waals surface area contributed by atoms with E-state index in [1.165, 1.54) is 11.1 Å². The van der Waals surface area contributed by atoms with Gasteiger partial charge in [0.1, 0.15) is 17.8 Å². The highest BCUT2D eigenvalue weighted by Gasteiger charge is 2.23. The first-order chi connectivity index (χ1) is 13.6. The van der Waals surface area contributed by atoms with Crippen LogP contribution in [0.2, 0.25) is 0 Å². The van der Waals surface area contributed by atoms with Gasteiger partial charge in [0, 0.05) is 31.0 Å². The van der Waals surface area contributed by atoms with Crippen LogP contribution in [0.4, 0.5) is 11.5 Å². The number of nitrogens with zero attached hydrogens (tertiary/aromatic N) is 3. The maximum Gasteiger partial charge on any atom is 0.239 e. The predicted molar refractivity (Wildman–Crippen MR) is 112 cm³/mol. The van der Waals surface area contributed by atoms with E-state index in [-0.39, 0.29) is 18.5 Å². The van der Waals surface area contributed by atoms with Gasteiger partial charge in [0.15, 0.2) is 0 Å². The smallest absolute Gasteiger partial charge is 0.239 e. The molecule has 3 aromatic rings. The molecule has 1 aliphatic heterocycles. The van der Waals surface area contributed by atoms with Gasteiger partial charge in [-0.05, 0) is 49.9 Å². The van der Waals surface area contributed by atoms with E-state index in [4.69, 9.17) is 0 Å². The predicted octanol–water partition coefficient (Wildman–Crippen LogP) is 2.77. The second-order valence-corrected chi connectivity index (χ2v) is 7.39. The van der Waals surface area contributed by atoms with Crippen LogP contribution in [0.25, 0.3) is 11.0 Å². The van der Waals surface area contributed by atoms with E-state index in [1.54, 1.807) is 6.33 Å². The van der Waals surface area contributed by atoms with Crippen molar-refractivity contribution in [2.24, 2.45) is 0 Å². The number of rotatable bonds is 5. The zero-order valence-corrected chi connectivity index (χ0v) is 16.3. The molecule has 1 amide bonds. The fraction of sp³-hybridized carbons (Fsp3) is 0.381. The van der Waals surface area contributed by atoms with Crippen molar-refractivity contribution in [2.75, 3.05) is 29.9 Å². The molecule has 3 heterocycles. The van der Waals surface area contributed by atoms with Crippen LogP contribution in [0.15, 0.2) is 36.8 Å². The Balaban J connectivity index is 1.36. The highest BCUT2D eigenvalue weighted by molar-refractivity contribution is 5.87. The summed E-state index contributed by atoms with van der Waals surface area (Å²) < 4.78 is 0. The van der Waals surface area contributed by atoms with Crippen molar-refractivity contribution in [3.05, 3.63) is 47.9 Å². The van der Waals surface area contributed by atoms with E-state index in [9.17, 15) is 4.79 Å². The zero-order valence-electron chi connectivity index (χ0n) is 16.3. The molecule has 28 heavy (non-hydrogen) atoms. The van der Waals surface area contributed by atoms with Crippen LogP contribution >= 0.6 is 0 Å². The number of hydrogen-bond donors (Lipinski definition) is 3. The van der Waals surface area contributed by atoms with Crippen LogP contribution in [-0.2, 0) is 4.79 Å². The van der Waals surface area contributed by atoms with Gasteiger partial charge >= 0.3 is 0 Å². The molecular weight excluding hydrogens is 352 g/mol. The normalized spacial score (nSPS) is 16.9. The quantitative estimate of drug-likeness (QED) is 0.636. The molecule has 4 rings (SSSR count). The van der Waals surface area contributed by atoms with Gasteiger partial charge < -0.3 is 20.5 Å². The van der Waals surface area contributed by atoms with Crippen molar-refractivity contribution in [1.29, 1.82) is 0 Å². The van der Waals surface area contributed by atoms with Gasteiger partial charge in [0.05, 0.1) is 11.9 Å². The van der Waals surface area contributed by atoms with Crippen molar-refractivity contribution in [2.45, 2.75) is 32.7 Å². The lowest BCUT2D eigenvalue weighted by atomic mass is 10.1. The number of H-pyrrole nitrogens is 1. The van der Waals surface area contributed by atoms with Gasteiger partial charge in [-0.15, -0.1) is 0 Å². The molecule has 7 nitrogen and oxygen atoms in total. The molecule has 0 aliphatic carbocycles. The molecule has 7 heteroatoms. The number of aryl methyl sites for hydroxylation is 1. The molecule has 1 atom stereocenters. The number of anilines is 2. The summed E-state index contributed by atoms with van der Waals surface area (Å²) in [5.41, 5.74) is 4.25. The molecule has 1 aliphatic rings. The molecule has 1 saturated heterocycles. The summed E-state index contributed by atoms with van der Waals surface area (Å²) in [6.07, 6.45) is 5.47. The Morgan fingerprint density at radius 2 is 2.18 bits per heavy atom. The number of hydrogen-bond acceptors (Lipinski definition) is 5. The lowest BCUT2D eigenvalue weighted by molar-refractivity contribution is -0.120. The highest BCUT2D eigenvalue weighted by atomic mass is 16.2. The number of amides is 1. The van der Waals surface area contributed by atoms with E-state index in [0.29, 0.717) is 0 Å². The summed E-state index contributed by atoms with van der Waals surface area (Å²) >= 11 is 0. The molecule has 1 aromatic carbocycles. The maximum atomic E-state index is 12.5. The molecule has 0 radical (unpaired) electrons. The first kappa shape index (κ1) is 18.3. The van der Waals surface area contributed by atoms with Crippen molar-refractivity contribution in [3.8, 4) is 0 Å². The van der Waals surface area contributed by atoms with Crippen LogP contribution in [0.5, 0.6) is 0 Å². The Kier molecular flexibility index (Phi) is 5.14. The van der Waals surface area contributed by atoms with Crippen LogP contribution in [-0.4, -0.2) is 46.5 Å². The minimum atomic E-state index is 0.0160. The van der Waals surface area contributed by atoms with Crippen LogP contribution in [0.1, 0.15) is 24.0 Å². The Morgan fingerprint density at radius 1 is 1.29 bits per heavy atom. The van der Waals surface area contributed by atoms with Gasteiger partial charge in [-0.3, -0.25) is 4.79 Å². The summed E-state index contributed by atoms with van der Waals surface area (Å²) in [4.78, 5) is 26.6. The fourth-order valence-corrected chi connectivity index (χ4v) is 3.79. The first-order valence-electron chi connectivity index (χ1n) is 9.74. The number of carbonyl (C=O) groups is 1. The van der Waals surface area contributed by atoms with Crippen LogP contribution < -0.4 is 15.5 Å². The number of benzene rings is 1. The molecule has 2 aromatic heterocycles. The molecule has 1 fully saturated rings. The van der Waals surface area contributed by atoms with Gasteiger partial charge in [-0.2, -0.15) is 0 Å². The van der Waals surface area contributed by atoms with Gasteiger partial charge in [-0.25, -0.2) is 9.97 Å². The fourth-order valence-electron chi connectivity index (χ4n) is 3.79. The van der Waals surface area contributed by atoms with Crippen molar-refractivity contribution in [1.82, 2.24) is 20.3 Å². The Hall–Kier alpha value is -3.09. The standard InChI is InChI=1S/C21H26N6O/c1-14-5-3-7-18(15(14)2)23-11-19(28)26-16-6-4-10-27(12-16)21-17-8-9-22-20(17)24-13-25-21/h3,5,7-9,13,16,23H,4,6,10-12H2,1-2H3,(H,26,28)(H,22,24,25)/t16-/m0/s1. The molecule has 3 N–H and O–H groups in total. The summed E-state index contributed by atoms with van der Waals surface area (Å²) in [7, 11) is 0. The minimum Gasteiger partial charge on any atom is -0.376 e. The van der Waals surface area contributed by atoms with E-state index < -0.39 is 0 Å². The molecule has 0 unspecified atom stereocenters. The Labute approximate surface area is 164 Å². The summed E-state index contributed by atoms with van der Waals surface area (Å²) in [6, 6.07) is 8.21. The maximum absolute atomic E-state index is 12.5. The average Bonchev–Trinajstić information content (AvgIpc) is 3.18. The lowest BCUT2D eigenvalue weighted by Gasteiger charge is -2.34. The van der Waals surface area contributed by atoms with Crippen molar-refractivity contribution in [3.63, 3.8) is 0 Å². The third kappa shape index (κ3) is 3.78. The molecule has 0 saturated carbocycles. The number of carbonyl (C=O) groups excluding carboxylic acids is 1. The zero-order chi connectivity index (χ0) is 19.5. The molecule has 0 spiro atoms. The molecular formula is C21H26N6O. The van der Waals surface area contributed by atoms with Crippen LogP contribution in [0, 0.1) is 13.8 Å². The summed E-state index contributed by atoms with van der Waals surface area (Å²) in [5.74, 6) is 0.945. The van der Waals surface area contributed by atoms with Crippen molar-refractivity contribution >= 4 is 28.4 Å². The van der Waals surface area contributed by atoms with E-state index in [1.807, 2.05) is 24.4 Å². The Bertz CT molecular complexity index is 982. The summed E-state index contributed by atoms with van der Waals surface area (Å²) in [5, 5.41) is 7.45. The minimum absolute atomic E-state index is 0.0160. The van der Waals surface area contributed by atoms with Gasteiger partial charge in [0.2, 0.25) is 5.91 Å². The largest absolute Gasteiger partial charge is 0.376 e. The number of aromatic nitrogens is 3. The second-order valence-electron chi connectivity index (χ2n) is 7.39. The summed E-state index contributed by atoms with van der Waals surface area (Å²) in [6.45, 7) is 6.11. The van der Waals surface area contributed by atoms with E-state index >= 15 is 0 Å². The van der Waals surface area contributed by atoms with E-state index in [0.717, 1.165) is 48.5 Å². The lowest BCUT2D eigenvalue weighted by Crippen LogP contribution is -2.49. The van der Waals surface area contributed by atoms with Gasteiger partial charge in [-0.1, -0.05) is 12.1 Å².